The Hall–Kier alpha value is -2.04. The predicted molar refractivity (Wildman–Crippen MR) is 79.8 cm³/mol. The van der Waals surface area contributed by atoms with Gasteiger partial charge >= 0.3 is 0 Å². The summed E-state index contributed by atoms with van der Waals surface area (Å²) in [4.78, 5) is 25.8. The highest BCUT2D eigenvalue weighted by Gasteiger charge is 2.30. The second-order valence-electron chi connectivity index (χ2n) is 5.18. The Kier molecular flexibility index (Phi) is 4.27. The Morgan fingerprint density at radius 2 is 2.15 bits per heavy atom. The Morgan fingerprint density at radius 1 is 1.45 bits per heavy atom. The van der Waals surface area contributed by atoms with Crippen molar-refractivity contribution in [1.82, 2.24) is 5.32 Å². The summed E-state index contributed by atoms with van der Waals surface area (Å²) in [6.07, 6.45) is 0.869. The number of rotatable bonds is 4. The van der Waals surface area contributed by atoms with Crippen molar-refractivity contribution >= 4 is 23.2 Å². The lowest BCUT2D eigenvalue weighted by molar-refractivity contribution is -0.124. The lowest BCUT2D eigenvalue weighted by Crippen LogP contribution is -2.50. The fraction of sp³-hybridized carbons (Fsp3) is 0.467. The molecule has 2 unspecified atom stereocenters. The van der Waals surface area contributed by atoms with Crippen LogP contribution in [0, 0.1) is 0 Å². The van der Waals surface area contributed by atoms with E-state index in [1.54, 1.807) is 11.8 Å². The molecule has 1 heterocycles. The van der Waals surface area contributed by atoms with Crippen LogP contribution in [0.5, 0.6) is 0 Å². The van der Waals surface area contributed by atoms with E-state index in [9.17, 15) is 9.59 Å². The Morgan fingerprint density at radius 3 is 2.85 bits per heavy atom. The highest BCUT2D eigenvalue weighted by Crippen LogP contribution is 2.30. The van der Waals surface area contributed by atoms with Gasteiger partial charge in [-0.15, -0.1) is 0 Å². The van der Waals surface area contributed by atoms with Gasteiger partial charge in [-0.1, -0.05) is 19.1 Å². The molecule has 1 aromatic rings. The minimum atomic E-state index is -0.318. The molecular formula is C15H21N3O2. The molecular weight excluding hydrogens is 254 g/mol. The van der Waals surface area contributed by atoms with E-state index in [0.29, 0.717) is 0 Å². The normalized spacial score (nSPS) is 19.1. The zero-order chi connectivity index (χ0) is 14.7. The predicted octanol–water partition coefficient (Wildman–Crippen LogP) is 1.75. The number of benzene rings is 1. The molecule has 0 radical (unpaired) electrons. The monoisotopic (exact) mass is 275 g/mol. The van der Waals surface area contributed by atoms with Crippen LogP contribution in [0.4, 0.5) is 11.4 Å². The molecule has 108 valence electrons. The molecule has 0 aromatic heterocycles. The van der Waals surface area contributed by atoms with Gasteiger partial charge in [-0.3, -0.25) is 14.5 Å². The molecule has 5 nitrogen and oxygen atoms in total. The smallest absolute Gasteiger partial charge is 0.249 e. The van der Waals surface area contributed by atoms with Crippen molar-refractivity contribution in [2.24, 2.45) is 0 Å². The number of anilines is 2. The van der Waals surface area contributed by atoms with Crippen LogP contribution in [0.15, 0.2) is 24.3 Å². The summed E-state index contributed by atoms with van der Waals surface area (Å²) in [7, 11) is 0. The van der Waals surface area contributed by atoms with E-state index in [0.717, 1.165) is 17.8 Å². The highest BCUT2D eigenvalue weighted by atomic mass is 16.2. The summed E-state index contributed by atoms with van der Waals surface area (Å²) in [5.41, 5.74) is 1.64. The Labute approximate surface area is 119 Å². The Balaban J connectivity index is 2.17. The van der Waals surface area contributed by atoms with Crippen LogP contribution in [0.3, 0.4) is 0 Å². The van der Waals surface area contributed by atoms with Crippen LogP contribution in [0.2, 0.25) is 0 Å². The summed E-state index contributed by atoms with van der Waals surface area (Å²) in [6.45, 7) is 5.83. The van der Waals surface area contributed by atoms with E-state index in [2.05, 4.69) is 10.6 Å². The van der Waals surface area contributed by atoms with Crippen LogP contribution in [0.25, 0.3) is 0 Å². The molecule has 1 aromatic carbocycles. The SMILES string of the molecule is CCC(C)NC(=O)CN1C(=O)C(C)Nc2ccccc21. The third kappa shape index (κ3) is 2.92. The summed E-state index contributed by atoms with van der Waals surface area (Å²) in [5, 5.41) is 6.03. The van der Waals surface area contributed by atoms with Gasteiger partial charge in [-0.2, -0.15) is 0 Å². The summed E-state index contributed by atoms with van der Waals surface area (Å²) in [5.74, 6) is -0.209. The lowest BCUT2D eigenvalue weighted by Gasteiger charge is -2.33. The quantitative estimate of drug-likeness (QED) is 0.880. The first-order chi connectivity index (χ1) is 9.52. The van der Waals surface area contributed by atoms with E-state index >= 15 is 0 Å². The molecule has 0 fully saturated rings. The number of nitrogens with one attached hydrogen (secondary N) is 2. The van der Waals surface area contributed by atoms with Gasteiger partial charge in [0.1, 0.15) is 12.6 Å². The zero-order valence-electron chi connectivity index (χ0n) is 12.1. The van der Waals surface area contributed by atoms with Crippen LogP contribution >= 0.6 is 0 Å². The second kappa shape index (κ2) is 5.94. The van der Waals surface area contributed by atoms with Crippen molar-refractivity contribution in [2.45, 2.75) is 39.3 Å². The van der Waals surface area contributed by atoms with Crippen LogP contribution in [-0.4, -0.2) is 30.4 Å². The van der Waals surface area contributed by atoms with Crippen molar-refractivity contribution in [3.8, 4) is 0 Å². The molecule has 0 bridgehead atoms. The van der Waals surface area contributed by atoms with Gasteiger partial charge in [-0.25, -0.2) is 0 Å². The largest absolute Gasteiger partial charge is 0.372 e. The molecule has 0 saturated heterocycles. The molecule has 1 aliphatic heterocycles. The van der Waals surface area contributed by atoms with E-state index in [1.165, 1.54) is 0 Å². The zero-order valence-corrected chi connectivity index (χ0v) is 12.1. The van der Waals surface area contributed by atoms with Gasteiger partial charge in [0.15, 0.2) is 0 Å². The van der Waals surface area contributed by atoms with Crippen molar-refractivity contribution in [2.75, 3.05) is 16.8 Å². The molecule has 5 heteroatoms. The van der Waals surface area contributed by atoms with Crippen molar-refractivity contribution < 1.29 is 9.59 Å². The van der Waals surface area contributed by atoms with Gasteiger partial charge in [0.05, 0.1) is 11.4 Å². The molecule has 0 spiro atoms. The fourth-order valence-corrected chi connectivity index (χ4v) is 2.21. The molecule has 2 rings (SSSR count). The molecule has 0 aliphatic carbocycles. The van der Waals surface area contributed by atoms with Crippen molar-refractivity contribution in [3.05, 3.63) is 24.3 Å². The standard InChI is InChI=1S/C15H21N3O2/c1-4-10(2)16-14(19)9-18-13-8-6-5-7-12(13)17-11(3)15(18)20/h5-8,10-11,17H,4,9H2,1-3H3,(H,16,19). The first-order valence-electron chi connectivity index (χ1n) is 6.99. The average Bonchev–Trinajstić information content (AvgIpc) is 2.43. The first-order valence-corrected chi connectivity index (χ1v) is 6.99. The molecule has 2 atom stereocenters. The van der Waals surface area contributed by atoms with Gasteiger partial charge in [0, 0.05) is 6.04 Å². The maximum atomic E-state index is 12.3. The van der Waals surface area contributed by atoms with E-state index in [-0.39, 0.29) is 30.4 Å². The maximum absolute atomic E-state index is 12.3. The van der Waals surface area contributed by atoms with E-state index in [4.69, 9.17) is 0 Å². The van der Waals surface area contributed by atoms with Crippen molar-refractivity contribution in [3.63, 3.8) is 0 Å². The minimum absolute atomic E-state index is 0.0617. The lowest BCUT2D eigenvalue weighted by atomic mass is 10.1. The molecule has 1 aliphatic rings. The summed E-state index contributed by atoms with van der Waals surface area (Å²) in [6, 6.07) is 7.34. The average molecular weight is 275 g/mol. The fourth-order valence-electron chi connectivity index (χ4n) is 2.21. The first kappa shape index (κ1) is 14.4. The number of para-hydroxylation sites is 2. The van der Waals surface area contributed by atoms with Crippen molar-refractivity contribution in [1.29, 1.82) is 0 Å². The number of fused-ring (bicyclic) bond motifs is 1. The van der Waals surface area contributed by atoms with Gasteiger partial charge < -0.3 is 10.6 Å². The number of nitrogens with zero attached hydrogens (tertiary/aromatic N) is 1. The number of carbonyl (C=O) groups is 2. The molecule has 2 N–H and O–H groups in total. The maximum Gasteiger partial charge on any atom is 0.249 e. The van der Waals surface area contributed by atoms with Crippen LogP contribution < -0.4 is 15.5 Å². The van der Waals surface area contributed by atoms with E-state index in [1.807, 2.05) is 38.1 Å². The third-order valence-electron chi connectivity index (χ3n) is 3.52. The minimum Gasteiger partial charge on any atom is -0.372 e. The summed E-state index contributed by atoms with van der Waals surface area (Å²) < 4.78 is 0. The topological polar surface area (TPSA) is 61.4 Å². The van der Waals surface area contributed by atoms with Gasteiger partial charge in [0.25, 0.3) is 0 Å². The second-order valence-corrected chi connectivity index (χ2v) is 5.18. The third-order valence-corrected chi connectivity index (χ3v) is 3.52. The number of carbonyl (C=O) groups excluding carboxylic acids is 2. The number of amides is 2. The van der Waals surface area contributed by atoms with Gasteiger partial charge in [0.2, 0.25) is 11.8 Å². The molecule has 0 saturated carbocycles. The number of hydrogen-bond donors (Lipinski definition) is 2. The van der Waals surface area contributed by atoms with Crippen LogP contribution in [-0.2, 0) is 9.59 Å². The number of hydrogen-bond acceptors (Lipinski definition) is 3. The molecule has 20 heavy (non-hydrogen) atoms. The highest BCUT2D eigenvalue weighted by molar-refractivity contribution is 6.07. The van der Waals surface area contributed by atoms with E-state index < -0.39 is 0 Å². The summed E-state index contributed by atoms with van der Waals surface area (Å²) >= 11 is 0. The Bertz CT molecular complexity index is 516. The molecule has 2 amide bonds. The van der Waals surface area contributed by atoms with Gasteiger partial charge in [-0.05, 0) is 32.4 Å². The van der Waals surface area contributed by atoms with Crippen LogP contribution in [0.1, 0.15) is 27.2 Å².